The lowest BCUT2D eigenvalue weighted by molar-refractivity contribution is 0.0948. The third kappa shape index (κ3) is 3.61. The van der Waals surface area contributed by atoms with Crippen LogP contribution < -0.4 is 10.6 Å². The van der Waals surface area contributed by atoms with Gasteiger partial charge >= 0.3 is 0 Å². The van der Waals surface area contributed by atoms with E-state index >= 15 is 0 Å². The standard InChI is InChI=1S/C12H16ClN3O3S/c1-14-11-10(13)4-9(6-15-11)12(17)16-5-8-2-3-20(18,19)7-8/h4,6,8H,2-3,5,7H2,1H3,(H,14,15)(H,16,17). The summed E-state index contributed by atoms with van der Waals surface area (Å²) >= 11 is 5.95. The maximum atomic E-state index is 11.9. The van der Waals surface area contributed by atoms with Crippen LogP contribution in [0.25, 0.3) is 0 Å². The van der Waals surface area contributed by atoms with Crippen molar-refractivity contribution in [3.63, 3.8) is 0 Å². The molecule has 0 saturated carbocycles. The number of pyridine rings is 1. The van der Waals surface area contributed by atoms with Crippen molar-refractivity contribution < 1.29 is 13.2 Å². The number of hydrogen-bond acceptors (Lipinski definition) is 5. The molecule has 0 aromatic carbocycles. The highest BCUT2D eigenvalue weighted by Crippen LogP contribution is 2.20. The van der Waals surface area contributed by atoms with Crippen molar-refractivity contribution in [3.05, 3.63) is 22.8 Å². The van der Waals surface area contributed by atoms with Gasteiger partial charge in [0.05, 0.1) is 22.1 Å². The van der Waals surface area contributed by atoms with Gasteiger partial charge in [-0.2, -0.15) is 0 Å². The summed E-state index contributed by atoms with van der Waals surface area (Å²) in [6, 6.07) is 1.53. The number of nitrogens with zero attached hydrogens (tertiary/aromatic N) is 1. The molecule has 110 valence electrons. The summed E-state index contributed by atoms with van der Waals surface area (Å²) in [6.45, 7) is 0.351. The first-order chi connectivity index (χ1) is 9.41. The van der Waals surface area contributed by atoms with E-state index in [0.29, 0.717) is 29.4 Å². The zero-order chi connectivity index (χ0) is 14.8. The summed E-state index contributed by atoms with van der Waals surface area (Å²) in [5, 5.41) is 5.89. The molecule has 2 rings (SSSR count). The van der Waals surface area contributed by atoms with E-state index in [9.17, 15) is 13.2 Å². The Kier molecular flexibility index (Phi) is 4.49. The minimum Gasteiger partial charge on any atom is -0.372 e. The Labute approximate surface area is 122 Å². The monoisotopic (exact) mass is 317 g/mol. The normalized spacial score (nSPS) is 20.6. The molecule has 6 nitrogen and oxygen atoms in total. The van der Waals surface area contributed by atoms with Crippen LogP contribution in [-0.2, 0) is 9.84 Å². The number of hydrogen-bond donors (Lipinski definition) is 2. The largest absolute Gasteiger partial charge is 0.372 e. The van der Waals surface area contributed by atoms with E-state index < -0.39 is 9.84 Å². The fourth-order valence-electron chi connectivity index (χ4n) is 2.12. The number of rotatable bonds is 4. The van der Waals surface area contributed by atoms with Gasteiger partial charge in [-0.1, -0.05) is 11.6 Å². The summed E-state index contributed by atoms with van der Waals surface area (Å²) in [4.78, 5) is 16.0. The van der Waals surface area contributed by atoms with Crippen molar-refractivity contribution >= 4 is 33.2 Å². The van der Waals surface area contributed by atoms with Crippen LogP contribution in [0.3, 0.4) is 0 Å². The van der Waals surface area contributed by atoms with E-state index in [1.807, 2.05) is 0 Å². The van der Waals surface area contributed by atoms with Crippen LogP contribution in [0.15, 0.2) is 12.3 Å². The van der Waals surface area contributed by atoms with Gasteiger partial charge in [-0.15, -0.1) is 0 Å². The second-order valence-corrected chi connectivity index (χ2v) is 7.42. The van der Waals surface area contributed by atoms with Crippen molar-refractivity contribution in [2.75, 3.05) is 30.4 Å². The number of aromatic nitrogens is 1. The Balaban J connectivity index is 1.94. The molecule has 2 heterocycles. The van der Waals surface area contributed by atoms with E-state index in [2.05, 4.69) is 15.6 Å². The number of halogens is 1. The Morgan fingerprint density at radius 2 is 2.30 bits per heavy atom. The SMILES string of the molecule is CNc1ncc(C(=O)NCC2CCS(=O)(=O)C2)cc1Cl. The van der Waals surface area contributed by atoms with Gasteiger partial charge in [0.2, 0.25) is 0 Å². The molecule has 1 aromatic heterocycles. The molecule has 1 aliphatic rings. The maximum absolute atomic E-state index is 11.9. The average molecular weight is 318 g/mol. The van der Waals surface area contributed by atoms with E-state index in [0.717, 1.165) is 0 Å². The van der Waals surface area contributed by atoms with Crippen LogP contribution in [0.5, 0.6) is 0 Å². The molecule has 0 bridgehead atoms. The lowest BCUT2D eigenvalue weighted by Gasteiger charge is -2.10. The predicted octanol–water partition coefficient (Wildman–Crippen LogP) is 0.941. The van der Waals surface area contributed by atoms with Crippen LogP contribution in [0, 0.1) is 5.92 Å². The number of sulfone groups is 1. The quantitative estimate of drug-likeness (QED) is 0.863. The van der Waals surface area contributed by atoms with Crippen LogP contribution in [0.1, 0.15) is 16.8 Å². The number of nitrogens with one attached hydrogen (secondary N) is 2. The number of anilines is 1. The Bertz CT molecular complexity index is 618. The molecule has 1 unspecified atom stereocenters. The van der Waals surface area contributed by atoms with Crippen molar-refractivity contribution in [2.24, 2.45) is 5.92 Å². The Morgan fingerprint density at radius 3 is 2.85 bits per heavy atom. The first-order valence-electron chi connectivity index (χ1n) is 6.23. The zero-order valence-corrected chi connectivity index (χ0v) is 12.6. The zero-order valence-electron chi connectivity index (χ0n) is 11.0. The molecule has 2 N–H and O–H groups in total. The molecule has 1 saturated heterocycles. The molecule has 0 radical (unpaired) electrons. The molecule has 20 heavy (non-hydrogen) atoms. The van der Waals surface area contributed by atoms with Gasteiger partial charge in [-0.25, -0.2) is 13.4 Å². The summed E-state index contributed by atoms with van der Waals surface area (Å²) in [7, 11) is -1.23. The lowest BCUT2D eigenvalue weighted by Crippen LogP contribution is -2.29. The molecule has 8 heteroatoms. The van der Waals surface area contributed by atoms with Crippen LogP contribution >= 0.6 is 11.6 Å². The molecular weight excluding hydrogens is 302 g/mol. The van der Waals surface area contributed by atoms with Gasteiger partial charge in [-0.3, -0.25) is 4.79 Å². The fraction of sp³-hybridized carbons (Fsp3) is 0.500. The first-order valence-corrected chi connectivity index (χ1v) is 8.43. The molecule has 1 fully saturated rings. The molecule has 1 atom stereocenters. The fourth-order valence-corrected chi connectivity index (χ4v) is 4.24. The van der Waals surface area contributed by atoms with Gasteiger partial charge in [0.15, 0.2) is 9.84 Å². The second-order valence-electron chi connectivity index (χ2n) is 4.78. The molecular formula is C12H16ClN3O3S. The van der Waals surface area contributed by atoms with Gasteiger partial charge in [0.1, 0.15) is 5.82 Å². The van der Waals surface area contributed by atoms with Crippen LogP contribution in [0.4, 0.5) is 5.82 Å². The third-order valence-corrected chi connectivity index (χ3v) is 5.34. The summed E-state index contributed by atoms with van der Waals surface area (Å²) in [5.41, 5.74) is 0.356. The van der Waals surface area contributed by atoms with Crippen molar-refractivity contribution in [3.8, 4) is 0 Å². The molecule has 1 aliphatic heterocycles. The third-order valence-electron chi connectivity index (χ3n) is 3.22. The highest BCUT2D eigenvalue weighted by Gasteiger charge is 2.28. The van der Waals surface area contributed by atoms with Crippen molar-refractivity contribution in [2.45, 2.75) is 6.42 Å². The number of carbonyl (C=O) groups excluding carboxylic acids is 1. The minimum atomic E-state index is -2.92. The van der Waals surface area contributed by atoms with Gasteiger partial charge in [0, 0.05) is 19.8 Å². The first kappa shape index (κ1) is 15.1. The number of amides is 1. The van der Waals surface area contributed by atoms with Gasteiger partial charge in [-0.05, 0) is 18.4 Å². The average Bonchev–Trinajstić information content (AvgIpc) is 2.75. The summed E-state index contributed by atoms with van der Waals surface area (Å²) in [5.74, 6) is 0.545. The van der Waals surface area contributed by atoms with Crippen molar-refractivity contribution in [1.29, 1.82) is 0 Å². The topological polar surface area (TPSA) is 88.2 Å². The Morgan fingerprint density at radius 1 is 1.55 bits per heavy atom. The minimum absolute atomic E-state index is 0.0102. The van der Waals surface area contributed by atoms with E-state index in [1.54, 1.807) is 7.05 Å². The van der Waals surface area contributed by atoms with Gasteiger partial charge < -0.3 is 10.6 Å². The smallest absolute Gasteiger partial charge is 0.252 e. The Hall–Kier alpha value is -1.34. The summed E-state index contributed by atoms with van der Waals surface area (Å²) in [6.07, 6.45) is 2.03. The molecule has 0 aliphatic carbocycles. The summed E-state index contributed by atoms with van der Waals surface area (Å²) < 4.78 is 22.6. The van der Waals surface area contributed by atoms with Gasteiger partial charge in [0.25, 0.3) is 5.91 Å². The molecule has 0 spiro atoms. The van der Waals surface area contributed by atoms with Crippen LogP contribution in [-0.4, -0.2) is 44.4 Å². The highest BCUT2D eigenvalue weighted by molar-refractivity contribution is 7.91. The lowest BCUT2D eigenvalue weighted by atomic mass is 10.1. The highest BCUT2D eigenvalue weighted by atomic mass is 35.5. The van der Waals surface area contributed by atoms with Crippen molar-refractivity contribution in [1.82, 2.24) is 10.3 Å². The van der Waals surface area contributed by atoms with E-state index in [4.69, 9.17) is 11.6 Å². The van der Waals surface area contributed by atoms with E-state index in [1.165, 1.54) is 12.3 Å². The molecule has 1 aromatic rings. The predicted molar refractivity (Wildman–Crippen MR) is 77.9 cm³/mol. The maximum Gasteiger partial charge on any atom is 0.252 e. The molecule has 1 amide bonds. The van der Waals surface area contributed by atoms with Crippen LogP contribution in [0.2, 0.25) is 5.02 Å². The number of carbonyl (C=O) groups is 1. The van der Waals surface area contributed by atoms with E-state index in [-0.39, 0.29) is 23.3 Å². The second kappa shape index (κ2) is 5.97.